The number of pyridine rings is 1. The number of imidazole rings is 1. The van der Waals surface area contributed by atoms with Gasteiger partial charge in [-0.1, -0.05) is 6.07 Å². The molecule has 2 heterocycles. The molecule has 0 aliphatic rings. The van der Waals surface area contributed by atoms with Gasteiger partial charge in [0.2, 0.25) is 0 Å². The topological polar surface area (TPSA) is 76.9 Å². The van der Waals surface area contributed by atoms with Gasteiger partial charge in [0.05, 0.1) is 12.2 Å². The van der Waals surface area contributed by atoms with Crippen LogP contribution in [0.3, 0.4) is 0 Å². The van der Waals surface area contributed by atoms with Gasteiger partial charge in [-0.15, -0.1) is 13.2 Å². The number of aromatic nitrogens is 2. The maximum Gasteiger partial charge on any atom is 0.573 e. The quantitative estimate of drug-likeness (QED) is 0.550. The lowest BCUT2D eigenvalue weighted by atomic mass is 10.3. The molecule has 26 heavy (non-hydrogen) atoms. The number of hydrogen-bond donors (Lipinski definition) is 2. The summed E-state index contributed by atoms with van der Waals surface area (Å²) in [5, 5.41) is 2.80. The molecule has 2 aromatic heterocycles. The van der Waals surface area contributed by atoms with E-state index in [1.807, 2.05) is 35.7 Å². The lowest BCUT2D eigenvalue weighted by Crippen LogP contribution is -2.22. The van der Waals surface area contributed by atoms with Crippen molar-refractivity contribution in [3.63, 3.8) is 0 Å². The number of guanidine groups is 1. The largest absolute Gasteiger partial charge is 0.573 e. The Hall–Kier alpha value is -3.23. The molecule has 0 saturated heterocycles. The number of aliphatic imine (C=N–C) groups is 1. The highest BCUT2D eigenvalue weighted by Gasteiger charge is 2.30. The van der Waals surface area contributed by atoms with Crippen LogP contribution in [0.1, 0.15) is 11.4 Å². The summed E-state index contributed by atoms with van der Waals surface area (Å²) in [7, 11) is 0. The number of ether oxygens (including phenoxy) is 1. The Kier molecular flexibility index (Phi) is 4.70. The zero-order valence-electron chi connectivity index (χ0n) is 13.8. The number of halogens is 3. The summed E-state index contributed by atoms with van der Waals surface area (Å²) in [6, 6.07) is 11.0. The molecule has 0 bridgehead atoms. The number of rotatable bonds is 4. The second-order valence-corrected chi connectivity index (χ2v) is 5.53. The van der Waals surface area contributed by atoms with E-state index >= 15 is 0 Å². The minimum Gasteiger partial charge on any atom is -0.406 e. The fourth-order valence-corrected chi connectivity index (χ4v) is 2.37. The van der Waals surface area contributed by atoms with Crippen molar-refractivity contribution in [1.29, 1.82) is 0 Å². The van der Waals surface area contributed by atoms with Crippen LogP contribution in [0.2, 0.25) is 0 Å². The zero-order valence-corrected chi connectivity index (χ0v) is 13.8. The van der Waals surface area contributed by atoms with Crippen molar-refractivity contribution in [2.24, 2.45) is 10.7 Å². The molecule has 0 unspecified atom stereocenters. The van der Waals surface area contributed by atoms with Crippen LogP contribution in [0.25, 0.3) is 5.65 Å². The van der Waals surface area contributed by atoms with E-state index in [1.54, 1.807) is 0 Å². The first-order chi connectivity index (χ1) is 12.3. The van der Waals surface area contributed by atoms with E-state index < -0.39 is 6.36 Å². The Morgan fingerprint density at radius 3 is 2.62 bits per heavy atom. The molecule has 136 valence electrons. The predicted molar refractivity (Wildman–Crippen MR) is 92.0 cm³/mol. The van der Waals surface area contributed by atoms with E-state index in [4.69, 9.17) is 5.73 Å². The van der Waals surface area contributed by atoms with Crippen LogP contribution in [0.4, 0.5) is 18.9 Å². The lowest BCUT2D eigenvalue weighted by Gasteiger charge is -2.10. The molecule has 6 nitrogen and oxygen atoms in total. The second kappa shape index (κ2) is 6.95. The standard InChI is InChI=1S/C17H16F3N5O/c1-11-3-2-4-15-23-13(10-25(11)15)9-22-16(21)24-12-5-7-14(8-6-12)26-17(18,19)20/h2-8,10H,9H2,1H3,(H3,21,22,24). The third kappa shape index (κ3) is 4.44. The molecule has 3 aromatic rings. The first kappa shape index (κ1) is 17.6. The van der Waals surface area contributed by atoms with Crippen LogP contribution in [0.15, 0.2) is 53.7 Å². The smallest absolute Gasteiger partial charge is 0.406 e. The van der Waals surface area contributed by atoms with Crippen molar-refractivity contribution in [1.82, 2.24) is 9.38 Å². The molecule has 9 heteroatoms. The molecule has 0 radical (unpaired) electrons. The number of hydrogen-bond acceptors (Lipinski definition) is 3. The highest BCUT2D eigenvalue weighted by atomic mass is 19.4. The highest BCUT2D eigenvalue weighted by Crippen LogP contribution is 2.23. The molecule has 3 rings (SSSR count). The Balaban J connectivity index is 1.63. The number of nitrogens with one attached hydrogen (secondary N) is 1. The van der Waals surface area contributed by atoms with E-state index in [1.165, 1.54) is 24.3 Å². The van der Waals surface area contributed by atoms with Gasteiger partial charge in [-0.25, -0.2) is 9.98 Å². The van der Waals surface area contributed by atoms with Gasteiger partial charge < -0.3 is 20.2 Å². The van der Waals surface area contributed by atoms with Crippen LogP contribution in [-0.4, -0.2) is 21.7 Å². The minimum absolute atomic E-state index is 0.128. The van der Waals surface area contributed by atoms with E-state index in [0.29, 0.717) is 5.69 Å². The first-order valence-corrected chi connectivity index (χ1v) is 7.66. The molecule has 1 aromatic carbocycles. The highest BCUT2D eigenvalue weighted by molar-refractivity contribution is 5.92. The molecule has 0 saturated carbocycles. The van der Waals surface area contributed by atoms with E-state index in [-0.39, 0.29) is 18.3 Å². The molecule has 0 amide bonds. The van der Waals surface area contributed by atoms with Crippen molar-refractivity contribution in [2.45, 2.75) is 19.8 Å². The third-order valence-corrected chi connectivity index (χ3v) is 3.52. The maximum absolute atomic E-state index is 12.1. The number of nitrogens with two attached hydrogens (primary N) is 1. The van der Waals surface area contributed by atoms with Crippen LogP contribution in [0.5, 0.6) is 5.75 Å². The number of fused-ring (bicyclic) bond motifs is 1. The number of nitrogens with zero attached hydrogens (tertiary/aromatic N) is 3. The Morgan fingerprint density at radius 2 is 1.96 bits per heavy atom. The van der Waals surface area contributed by atoms with Crippen LogP contribution < -0.4 is 15.8 Å². The van der Waals surface area contributed by atoms with E-state index in [0.717, 1.165) is 17.0 Å². The average Bonchev–Trinajstić information content (AvgIpc) is 2.98. The number of alkyl halides is 3. The third-order valence-electron chi connectivity index (χ3n) is 3.52. The average molecular weight is 363 g/mol. The van der Waals surface area contributed by atoms with E-state index in [2.05, 4.69) is 20.0 Å². The molecule has 0 spiro atoms. The molecular weight excluding hydrogens is 347 g/mol. The lowest BCUT2D eigenvalue weighted by molar-refractivity contribution is -0.274. The summed E-state index contributed by atoms with van der Waals surface area (Å²) >= 11 is 0. The van der Waals surface area contributed by atoms with Crippen LogP contribution >= 0.6 is 0 Å². The van der Waals surface area contributed by atoms with Gasteiger partial charge in [0.1, 0.15) is 11.4 Å². The number of benzene rings is 1. The zero-order chi connectivity index (χ0) is 18.7. The minimum atomic E-state index is -4.72. The summed E-state index contributed by atoms with van der Waals surface area (Å²) in [4.78, 5) is 8.64. The normalized spacial score (nSPS) is 12.4. The maximum atomic E-state index is 12.1. The van der Waals surface area contributed by atoms with Gasteiger partial charge in [-0.2, -0.15) is 0 Å². The predicted octanol–water partition coefficient (Wildman–Crippen LogP) is 3.47. The van der Waals surface area contributed by atoms with Gasteiger partial charge in [0.25, 0.3) is 0 Å². The van der Waals surface area contributed by atoms with Crippen LogP contribution in [0, 0.1) is 6.92 Å². The van der Waals surface area contributed by atoms with Gasteiger partial charge in [-0.05, 0) is 43.3 Å². The molecule has 0 aliphatic carbocycles. The van der Waals surface area contributed by atoms with Crippen molar-refractivity contribution in [2.75, 3.05) is 5.32 Å². The Labute approximate surface area is 147 Å². The van der Waals surface area contributed by atoms with Crippen molar-refractivity contribution < 1.29 is 17.9 Å². The monoisotopic (exact) mass is 363 g/mol. The summed E-state index contributed by atoms with van der Waals surface area (Å²) in [6.45, 7) is 2.25. The SMILES string of the molecule is Cc1cccc2nc(CN=C(N)Nc3ccc(OC(F)(F)F)cc3)cn12. The Morgan fingerprint density at radius 1 is 1.23 bits per heavy atom. The van der Waals surface area contributed by atoms with Crippen molar-refractivity contribution in [3.8, 4) is 5.75 Å². The van der Waals surface area contributed by atoms with E-state index in [9.17, 15) is 13.2 Å². The molecule has 3 N–H and O–H groups in total. The molecule has 0 atom stereocenters. The fourth-order valence-electron chi connectivity index (χ4n) is 2.37. The summed E-state index contributed by atoms with van der Waals surface area (Å²) in [5.74, 6) is -0.179. The second-order valence-electron chi connectivity index (χ2n) is 5.53. The van der Waals surface area contributed by atoms with Gasteiger partial charge in [-0.3, -0.25) is 0 Å². The summed E-state index contributed by atoms with van der Waals surface area (Å²) in [5.41, 5.74) is 8.93. The number of aryl methyl sites for hydroxylation is 1. The number of anilines is 1. The van der Waals surface area contributed by atoms with Crippen LogP contribution in [-0.2, 0) is 6.54 Å². The van der Waals surface area contributed by atoms with Gasteiger partial charge >= 0.3 is 6.36 Å². The van der Waals surface area contributed by atoms with Crippen molar-refractivity contribution in [3.05, 3.63) is 60.0 Å². The van der Waals surface area contributed by atoms with Gasteiger partial charge in [0, 0.05) is 17.6 Å². The summed E-state index contributed by atoms with van der Waals surface area (Å²) < 4.78 is 42.2. The van der Waals surface area contributed by atoms with Gasteiger partial charge in [0.15, 0.2) is 5.96 Å². The molecule has 0 fully saturated rings. The van der Waals surface area contributed by atoms with Crippen molar-refractivity contribution >= 4 is 17.3 Å². The Bertz CT molecular complexity index is 932. The summed E-state index contributed by atoms with van der Waals surface area (Å²) in [6.07, 6.45) is -2.84. The first-order valence-electron chi connectivity index (χ1n) is 7.66. The molecule has 0 aliphatic heterocycles. The fraction of sp³-hybridized carbons (Fsp3) is 0.176. The molecular formula is C17H16F3N5O.